The fraction of sp³-hybridized carbons (Fsp3) is 0.667. The molecule has 0 bridgehead atoms. The van der Waals surface area contributed by atoms with Crippen molar-refractivity contribution in [3.8, 4) is 12.3 Å². The molecule has 0 spiro atoms. The summed E-state index contributed by atoms with van der Waals surface area (Å²) in [7, 11) is 0. The average Bonchev–Trinajstić information content (AvgIpc) is 2.79. The zero-order valence-corrected chi connectivity index (χ0v) is 6.79. The Morgan fingerprint density at radius 2 is 2.17 bits per heavy atom. The quantitative estimate of drug-likeness (QED) is 0.537. The van der Waals surface area contributed by atoms with Gasteiger partial charge < -0.3 is 10.0 Å². The van der Waals surface area contributed by atoms with Crippen molar-refractivity contribution in [1.82, 2.24) is 4.90 Å². The van der Waals surface area contributed by atoms with E-state index in [2.05, 4.69) is 0 Å². The number of hydrogen-bond acceptors (Lipinski definition) is 2. The first-order valence-corrected chi connectivity index (χ1v) is 4.13. The smallest absolute Gasteiger partial charge is 0.298 e. The van der Waals surface area contributed by atoms with Crippen molar-refractivity contribution < 1.29 is 9.90 Å². The molecule has 3 heteroatoms. The van der Waals surface area contributed by atoms with Gasteiger partial charge >= 0.3 is 0 Å². The molecule has 0 radical (unpaired) electrons. The van der Waals surface area contributed by atoms with Crippen molar-refractivity contribution >= 4 is 5.91 Å². The first kappa shape index (κ1) is 7.63. The number of carbonyl (C=O) groups excluding carboxylic acids is 1. The number of nitrogens with zero attached hydrogens (tertiary/aromatic N) is 1. The maximum atomic E-state index is 10.9. The molecule has 1 amide bonds. The Balaban J connectivity index is 1.90. The van der Waals surface area contributed by atoms with E-state index in [0.29, 0.717) is 19.0 Å². The second kappa shape index (κ2) is 2.24. The summed E-state index contributed by atoms with van der Waals surface area (Å²) in [6.45, 7) is 0.863. The van der Waals surface area contributed by atoms with Crippen molar-refractivity contribution in [3.05, 3.63) is 0 Å². The van der Waals surface area contributed by atoms with Gasteiger partial charge in [-0.15, -0.1) is 6.42 Å². The highest BCUT2D eigenvalue weighted by molar-refractivity contribution is 5.93. The van der Waals surface area contributed by atoms with E-state index < -0.39 is 5.60 Å². The summed E-state index contributed by atoms with van der Waals surface area (Å²) in [5, 5.41) is 9.80. The number of rotatable bonds is 1. The topological polar surface area (TPSA) is 40.5 Å². The zero-order valence-electron chi connectivity index (χ0n) is 6.79. The van der Waals surface area contributed by atoms with Crippen molar-refractivity contribution in [2.45, 2.75) is 18.4 Å². The molecule has 0 unspecified atom stereocenters. The Kier molecular flexibility index (Phi) is 1.42. The summed E-state index contributed by atoms with van der Waals surface area (Å²) < 4.78 is 0. The van der Waals surface area contributed by atoms with Gasteiger partial charge in [-0.25, -0.2) is 0 Å². The number of hydrogen-bond donors (Lipinski definition) is 1. The summed E-state index contributed by atoms with van der Waals surface area (Å²) >= 11 is 0. The first-order chi connectivity index (χ1) is 5.65. The second-order valence-corrected chi connectivity index (χ2v) is 3.68. The van der Waals surface area contributed by atoms with E-state index in [1.54, 1.807) is 0 Å². The normalized spacial score (nSPS) is 25.8. The molecule has 1 N–H and O–H groups in total. The van der Waals surface area contributed by atoms with Crippen LogP contribution in [0.5, 0.6) is 0 Å². The van der Waals surface area contributed by atoms with Gasteiger partial charge in [0, 0.05) is 0 Å². The monoisotopic (exact) mass is 165 g/mol. The van der Waals surface area contributed by atoms with Gasteiger partial charge in [0.1, 0.15) is 5.60 Å². The molecule has 3 nitrogen and oxygen atoms in total. The Bertz CT molecular complexity index is 256. The Morgan fingerprint density at radius 1 is 1.58 bits per heavy atom. The van der Waals surface area contributed by atoms with E-state index in [4.69, 9.17) is 6.42 Å². The van der Waals surface area contributed by atoms with Gasteiger partial charge in [-0.2, -0.15) is 0 Å². The van der Waals surface area contributed by atoms with Gasteiger partial charge in [-0.1, -0.05) is 0 Å². The van der Waals surface area contributed by atoms with Crippen molar-refractivity contribution in [3.63, 3.8) is 0 Å². The number of likely N-dealkylation sites (tertiary alicyclic amines) is 1. The lowest BCUT2D eigenvalue weighted by Gasteiger charge is -2.46. The van der Waals surface area contributed by atoms with Gasteiger partial charge in [0.15, 0.2) is 0 Å². The first-order valence-electron chi connectivity index (χ1n) is 4.13. The predicted molar refractivity (Wildman–Crippen MR) is 43.1 cm³/mol. The molecule has 1 aliphatic carbocycles. The SMILES string of the molecule is C#CC(=O)N1CC(O)(C2CC2)C1. The van der Waals surface area contributed by atoms with Crippen LogP contribution in [0.15, 0.2) is 0 Å². The van der Waals surface area contributed by atoms with E-state index in [1.807, 2.05) is 5.92 Å². The Hall–Kier alpha value is -1.01. The lowest BCUT2D eigenvalue weighted by Crippen LogP contribution is -2.64. The third kappa shape index (κ3) is 0.997. The minimum Gasteiger partial charge on any atom is -0.386 e. The third-order valence-electron chi connectivity index (χ3n) is 2.68. The summed E-state index contributed by atoms with van der Waals surface area (Å²) in [5.41, 5.74) is -0.605. The molecule has 12 heavy (non-hydrogen) atoms. The minimum absolute atomic E-state index is 0.305. The molecule has 2 fully saturated rings. The summed E-state index contributed by atoms with van der Waals surface area (Å²) in [6.07, 6.45) is 7.12. The Morgan fingerprint density at radius 3 is 2.58 bits per heavy atom. The van der Waals surface area contributed by atoms with Crippen LogP contribution in [0.2, 0.25) is 0 Å². The molecule has 64 valence electrons. The molecule has 1 heterocycles. The van der Waals surface area contributed by atoms with Gasteiger partial charge in [-0.05, 0) is 24.7 Å². The molecule has 2 rings (SSSR count). The van der Waals surface area contributed by atoms with Gasteiger partial charge in [-0.3, -0.25) is 4.79 Å². The van der Waals surface area contributed by atoms with Gasteiger partial charge in [0.2, 0.25) is 0 Å². The lowest BCUT2D eigenvalue weighted by molar-refractivity contribution is -0.153. The molecule has 0 aromatic rings. The zero-order chi connectivity index (χ0) is 8.77. The molecule has 2 aliphatic rings. The van der Waals surface area contributed by atoms with Crippen molar-refractivity contribution in [1.29, 1.82) is 0 Å². The highest BCUT2D eigenvalue weighted by atomic mass is 16.3. The highest BCUT2D eigenvalue weighted by Crippen LogP contribution is 2.44. The van der Waals surface area contributed by atoms with Crippen LogP contribution in [0, 0.1) is 18.3 Å². The lowest BCUT2D eigenvalue weighted by atomic mass is 9.89. The second-order valence-electron chi connectivity index (χ2n) is 3.68. The van der Waals surface area contributed by atoms with Crippen LogP contribution in [-0.4, -0.2) is 34.6 Å². The largest absolute Gasteiger partial charge is 0.386 e. The fourth-order valence-corrected chi connectivity index (χ4v) is 1.73. The maximum absolute atomic E-state index is 10.9. The standard InChI is InChI=1S/C9H11NO2/c1-2-8(11)10-5-9(12,6-10)7-3-4-7/h1,7,12H,3-6H2. The number of terminal acetylenes is 1. The highest BCUT2D eigenvalue weighted by Gasteiger charge is 2.52. The van der Waals surface area contributed by atoms with Gasteiger partial charge in [0.05, 0.1) is 13.1 Å². The van der Waals surface area contributed by atoms with Crippen LogP contribution >= 0.6 is 0 Å². The Labute approximate surface area is 71.4 Å². The molecular formula is C9H11NO2. The summed E-state index contributed by atoms with van der Waals surface area (Å²) in [4.78, 5) is 12.4. The molecular weight excluding hydrogens is 154 g/mol. The average molecular weight is 165 g/mol. The summed E-state index contributed by atoms with van der Waals surface area (Å²) in [5.74, 6) is 2.15. The molecule has 1 saturated heterocycles. The van der Waals surface area contributed by atoms with E-state index in [0.717, 1.165) is 12.8 Å². The molecule has 1 saturated carbocycles. The third-order valence-corrected chi connectivity index (χ3v) is 2.68. The van der Waals surface area contributed by atoms with Crippen LogP contribution < -0.4 is 0 Å². The van der Waals surface area contributed by atoms with Crippen LogP contribution in [0.1, 0.15) is 12.8 Å². The molecule has 1 aliphatic heterocycles. The van der Waals surface area contributed by atoms with Crippen LogP contribution in [0.4, 0.5) is 0 Å². The molecule has 0 aromatic heterocycles. The number of amides is 1. The predicted octanol–water partition coefficient (Wildman–Crippen LogP) is -0.397. The molecule has 0 atom stereocenters. The van der Waals surface area contributed by atoms with Crippen molar-refractivity contribution in [2.24, 2.45) is 5.92 Å². The van der Waals surface area contributed by atoms with E-state index >= 15 is 0 Å². The number of carbonyl (C=O) groups is 1. The number of aliphatic hydroxyl groups is 1. The molecule has 0 aromatic carbocycles. The van der Waals surface area contributed by atoms with E-state index in [-0.39, 0.29) is 5.91 Å². The van der Waals surface area contributed by atoms with E-state index in [1.165, 1.54) is 4.90 Å². The fourth-order valence-electron chi connectivity index (χ4n) is 1.73. The maximum Gasteiger partial charge on any atom is 0.298 e. The van der Waals surface area contributed by atoms with E-state index in [9.17, 15) is 9.90 Å². The van der Waals surface area contributed by atoms with Crippen LogP contribution in [0.25, 0.3) is 0 Å². The van der Waals surface area contributed by atoms with Crippen LogP contribution in [-0.2, 0) is 4.79 Å². The summed E-state index contributed by atoms with van der Waals surface area (Å²) in [6, 6.07) is 0. The number of β-amino-alcohol motifs (C(OH)–C–C–N with tert-alkyl or cyclic N) is 1. The van der Waals surface area contributed by atoms with Gasteiger partial charge in [0.25, 0.3) is 5.91 Å². The van der Waals surface area contributed by atoms with Crippen molar-refractivity contribution in [2.75, 3.05) is 13.1 Å². The minimum atomic E-state index is -0.605. The van der Waals surface area contributed by atoms with Crippen LogP contribution in [0.3, 0.4) is 0 Å².